The van der Waals surface area contributed by atoms with Crippen LogP contribution in [0.4, 0.5) is 0 Å². The number of benzene rings is 6. The summed E-state index contributed by atoms with van der Waals surface area (Å²) in [7, 11) is 0. The van der Waals surface area contributed by atoms with Crippen molar-refractivity contribution in [3.63, 3.8) is 0 Å². The number of fused-ring (bicyclic) bond motifs is 3. The zero-order chi connectivity index (χ0) is 28.8. The zero-order valence-electron chi connectivity index (χ0n) is 23.8. The molecule has 2 heteroatoms. The van der Waals surface area contributed by atoms with Gasteiger partial charge in [-0.25, -0.2) is 0 Å². The fourth-order valence-electron chi connectivity index (χ4n) is 6.38. The number of aromatic nitrogens is 2. The molecule has 2 aromatic heterocycles. The van der Waals surface area contributed by atoms with E-state index in [1.165, 1.54) is 60.1 Å². The minimum Gasteiger partial charge on any atom is -0.265 e. The van der Waals surface area contributed by atoms with Gasteiger partial charge in [0.05, 0.1) is 5.69 Å². The molecule has 0 amide bonds. The van der Waals surface area contributed by atoms with Crippen LogP contribution in [0.1, 0.15) is 5.56 Å². The van der Waals surface area contributed by atoms with Crippen LogP contribution in [0.3, 0.4) is 0 Å². The minimum atomic E-state index is 0.943. The number of pyridine rings is 2. The van der Waals surface area contributed by atoms with Gasteiger partial charge in [-0.2, -0.15) is 0 Å². The van der Waals surface area contributed by atoms with E-state index < -0.39 is 0 Å². The van der Waals surface area contributed by atoms with E-state index in [2.05, 4.69) is 133 Å². The van der Waals surface area contributed by atoms with Crippen LogP contribution in [0.15, 0.2) is 152 Å². The van der Waals surface area contributed by atoms with Gasteiger partial charge >= 0.3 is 0 Å². The highest BCUT2D eigenvalue weighted by Gasteiger charge is 2.17. The van der Waals surface area contributed by atoms with Crippen molar-refractivity contribution in [1.82, 2.24) is 9.97 Å². The van der Waals surface area contributed by atoms with Crippen molar-refractivity contribution >= 4 is 32.3 Å². The molecule has 43 heavy (non-hydrogen) atoms. The summed E-state index contributed by atoms with van der Waals surface area (Å²) in [6.45, 7) is 2.16. The molecule has 2 nitrogen and oxygen atoms in total. The number of rotatable bonds is 4. The molecule has 0 radical (unpaired) electrons. The van der Waals surface area contributed by atoms with E-state index in [1.54, 1.807) is 12.4 Å². The average Bonchev–Trinajstić information content (AvgIpc) is 3.07. The van der Waals surface area contributed by atoms with Crippen LogP contribution in [0.25, 0.3) is 77.0 Å². The fourth-order valence-corrected chi connectivity index (χ4v) is 6.38. The van der Waals surface area contributed by atoms with E-state index in [1.807, 2.05) is 18.3 Å². The number of hydrogen-bond acceptors (Lipinski definition) is 2. The van der Waals surface area contributed by atoms with Crippen LogP contribution in [-0.2, 0) is 0 Å². The number of aryl methyl sites for hydroxylation is 1. The van der Waals surface area contributed by atoms with Gasteiger partial charge < -0.3 is 0 Å². The van der Waals surface area contributed by atoms with Gasteiger partial charge in [0.1, 0.15) is 0 Å². The Morgan fingerprint density at radius 1 is 0.419 bits per heavy atom. The standard InChI is InChI=1S/C41H28N2/c1-27-13-14-28-15-16-32(25-34(28)23-27)41-37-11-4-2-9-35(37)40(36-10-3-5-12-38(36)41)31-8-6-7-30(24-31)33-17-18-39(43-26-33)29-19-21-42-22-20-29/h2-26H,1H3. The lowest BCUT2D eigenvalue weighted by atomic mass is 9.85. The third-order valence-electron chi connectivity index (χ3n) is 8.44. The molecule has 0 aliphatic carbocycles. The largest absolute Gasteiger partial charge is 0.265 e. The topological polar surface area (TPSA) is 25.8 Å². The van der Waals surface area contributed by atoms with Crippen molar-refractivity contribution in [2.24, 2.45) is 0 Å². The molecule has 0 aliphatic heterocycles. The molecule has 2 heterocycles. The molecule has 0 saturated heterocycles. The van der Waals surface area contributed by atoms with Crippen LogP contribution in [0, 0.1) is 6.92 Å². The maximum absolute atomic E-state index is 4.77. The predicted molar refractivity (Wildman–Crippen MR) is 181 cm³/mol. The second kappa shape index (κ2) is 10.3. The van der Waals surface area contributed by atoms with E-state index in [9.17, 15) is 0 Å². The van der Waals surface area contributed by atoms with Crippen LogP contribution < -0.4 is 0 Å². The number of nitrogens with zero attached hydrogens (tertiary/aromatic N) is 2. The van der Waals surface area contributed by atoms with Crippen molar-refractivity contribution in [3.8, 4) is 44.6 Å². The van der Waals surface area contributed by atoms with Gasteiger partial charge in [-0.15, -0.1) is 0 Å². The van der Waals surface area contributed by atoms with Gasteiger partial charge in [0.2, 0.25) is 0 Å². The van der Waals surface area contributed by atoms with E-state index in [4.69, 9.17) is 4.98 Å². The molecule has 0 spiro atoms. The van der Waals surface area contributed by atoms with Crippen molar-refractivity contribution < 1.29 is 0 Å². The summed E-state index contributed by atoms with van der Waals surface area (Å²) in [5.41, 5.74) is 10.5. The minimum absolute atomic E-state index is 0.943. The molecule has 202 valence electrons. The lowest BCUT2D eigenvalue weighted by Crippen LogP contribution is -1.91. The summed E-state index contributed by atoms with van der Waals surface area (Å²) in [5.74, 6) is 0. The Morgan fingerprint density at radius 3 is 1.67 bits per heavy atom. The summed E-state index contributed by atoms with van der Waals surface area (Å²) >= 11 is 0. The molecule has 0 unspecified atom stereocenters. The maximum Gasteiger partial charge on any atom is 0.0703 e. The first kappa shape index (κ1) is 25.1. The van der Waals surface area contributed by atoms with Gasteiger partial charge in [0.25, 0.3) is 0 Å². The first-order valence-corrected chi connectivity index (χ1v) is 14.6. The third-order valence-corrected chi connectivity index (χ3v) is 8.44. The van der Waals surface area contributed by atoms with Gasteiger partial charge in [0, 0.05) is 29.7 Å². The molecular formula is C41H28N2. The highest BCUT2D eigenvalue weighted by Crippen LogP contribution is 2.44. The van der Waals surface area contributed by atoms with Crippen molar-refractivity contribution in [2.75, 3.05) is 0 Å². The molecule has 8 aromatic rings. The molecule has 0 aliphatic rings. The highest BCUT2D eigenvalue weighted by molar-refractivity contribution is 6.21. The normalized spacial score (nSPS) is 11.4. The Hall–Kier alpha value is -5.60. The smallest absolute Gasteiger partial charge is 0.0703 e. The monoisotopic (exact) mass is 548 g/mol. The predicted octanol–water partition coefficient (Wildman–Crippen LogP) is 10.9. The van der Waals surface area contributed by atoms with Crippen molar-refractivity contribution in [1.29, 1.82) is 0 Å². The Kier molecular flexibility index (Phi) is 6.05. The number of hydrogen-bond donors (Lipinski definition) is 0. The summed E-state index contributed by atoms with van der Waals surface area (Å²) in [4.78, 5) is 8.90. The molecule has 6 aromatic carbocycles. The van der Waals surface area contributed by atoms with Gasteiger partial charge in [-0.1, -0.05) is 109 Å². The first-order valence-electron chi connectivity index (χ1n) is 14.6. The van der Waals surface area contributed by atoms with Crippen LogP contribution >= 0.6 is 0 Å². The Balaban J connectivity index is 1.32. The lowest BCUT2D eigenvalue weighted by molar-refractivity contribution is 1.29. The summed E-state index contributed by atoms with van der Waals surface area (Å²) in [6, 6.07) is 48.3. The molecule has 0 bridgehead atoms. The molecule has 0 saturated carbocycles. The van der Waals surface area contributed by atoms with E-state index in [-0.39, 0.29) is 0 Å². The molecule has 0 fully saturated rings. The fraction of sp³-hybridized carbons (Fsp3) is 0.0244. The zero-order valence-corrected chi connectivity index (χ0v) is 23.8. The molecule has 8 rings (SSSR count). The summed E-state index contributed by atoms with van der Waals surface area (Å²) in [6.07, 6.45) is 5.57. The molecule has 0 atom stereocenters. The summed E-state index contributed by atoms with van der Waals surface area (Å²) < 4.78 is 0. The summed E-state index contributed by atoms with van der Waals surface area (Å²) in [5, 5.41) is 7.56. The van der Waals surface area contributed by atoms with Crippen LogP contribution in [0.2, 0.25) is 0 Å². The van der Waals surface area contributed by atoms with E-state index in [0.717, 1.165) is 22.4 Å². The quantitative estimate of drug-likeness (QED) is 0.204. The third kappa shape index (κ3) is 4.45. The SMILES string of the molecule is Cc1ccc2ccc(-c3c4ccccc4c(-c4cccc(-c5ccc(-c6ccncc6)nc5)c4)c4ccccc34)cc2c1. The van der Waals surface area contributed by atoms with Crippen LogP contribution in [0.5, 0.6) is 0 Å². The van der Waals surface area contributed by atoms with E-state index >= 15 is 0 Å². The average molecular weight is 549 g/mol. The second-order valence-corrected chi connectivity index (χ2v) is 11.2. The first-order chi connectivity index (χ1) is 21.2. The maximum atomic E-state index is 4.77. The Morgan fingerprint density at radius 2 is 1.02 bits per heavy atom. The van der Waals surface area contributed by atoms with Gasteiger partial charge in [0.15, 0.2) is 0 Å². The van der Waals surface area contributed by atoms with Gasteiger partial charge in [-0.3, -0.25) is 9.97 Å². The molecule has 0 N–H and O–H groups in total. The second-order valence-electron chi connectivity index (χ2n) is 11.2. The highest BCUT2D eigenvalue weighted by atomic mass is 14.7. The van der Waals surface area contributed by atoms with Crippen LogP contribution in [-0.4, -0.2) is 9.97 Å². The molecular weight excluding hydrogens is 520 g/mol. The van der Waals surface area contributed by atoms with Gasteiger partial charge in [-0.05, 0) is 97.4 Å². The van der Waals surface area contributed by atoms with Crippen molar-refractivity contribution in [3.05, 3.63) is 158 Å². The van der Waals surface area contributed by atoms with Crippen molar-refractivity contribution in [2.45, 2.75) is 6.92 Å². The lowest BCUT2D eigenvalue weighted by Gasteiger charge is -2.18. The van der Waals surface area contributed by atoms with E-state index in [0.29, 0.717) is 0 Å². The Bertz CT molecular complexity index is 2230. The Labute approximate surface area is 251 Å².